The zero-order valence-electron chi connectivity index (χ0n) is 7.05. The minimum Gasteiger partial charge on any atom is -0.245 e. The van der Waals surface area contributed by atoms with E-state index in [1.54, 1.807) is 6.33 Å². The Morgan fingerprint density at radius 2 is 1.73 bits per heavy atom. The molecule has 0 saturated carbocycles. The summed E-state index contributed by atoms with van der Waals surface area (Å²) in [7, 11) is 0. The van der Waals surface area contributed by atoms with Crippen LogP contribution in [0, 0.1) is 13.8 Å². The Morgan fingerprint density at radius 3 is 2.00 bits per heavy atom. The van der Waals surface area contributed by atoms with Crippen LogP contribution in [0.1, 0.15) is 32.5 Å². The van der Waals surface area contributed by atoms with Gasteiger partial charge < -0.3 is 0 Å². The fourth-order valence-electron chi connectivity index (χ4n) is 0.460. The molecule has 64 valence electrons. The van der Waals surface area contributed by atoms with Gasteiger partial charge in [-0.1, -0.05) is 21.3 Å². The van der Waals surface area contributed by atoms with Crippen molar-refractivity contribution in [2.24, 2.45) is 0 Å². The second-order valence-corrected chi connectivity index (χ2v) is 1.79. The first-order valence-electron chi connectivity index (χ1n) is 3.54. The number of rotatable bonds is 0. The van der Waals surface area contributed by atoms with Gasteiger partial charge in [0.15, 0.2) is 0 Å². The largest absolute Gasteiger partial charge is 0.245 e. The van der Waals surface area contributed by atoms with E-state index < -0.39 is 0 Å². The predicted octanol–water partition coefficient (Wildman–Crippen LogP) is 2.76. The van der Waals surface area contributed by atoms with Crippen LogP contribution in [0.5, 0.6) is 0 Å². The van der Waals surface area contributed by atoms with Crippen LogP contribution in [-0.2, 0) is 0 Å². The average molecular weight is 154 g/mol. The fraction of sp³-hybridized carbons (Fsp3) is 0.556. The van der Waals surface area contributed by atoms with Crippen LogP contribution < -0.4 is 0 Å². The monoisotopic (exact) mass is 154 g/mol. The Hall–Kier alpha value is -0.920. The van der Waals surface area contributed by atoms with Crippen molar-refractivity contribution in [3.63, 3.8) is 0 Å². The molecule has 1 rings (SSSR count). The lowest BCUT2D eigenvalue weighted by Crippen LogP contribution is -1.85. The van der Waals surface area contributed by atoms with Crippen molar-refractivity contribution < 1.29 is 0 Å². The highest BCUT2D eigenvalue weighted by atomic mass is 14.8. The zero-order chi connectivity index (χ0) is 7.98. The van der Waals surface area contributed by atoms with Crippen LogP contribution >= 0.6 is 0 Å². The lowest BCUT2D eigenvalue weighted by atomic mass is 10.3. The topological polar surface area (TPSA) is 25.8 Å². The summed E-state index contributed by atoms with van der Waals surface area (Å²) in [5.74, 6) is 0. The van der Waals surface area contributed by atoms with Crippen molar-refractivity contribution in [3.05, 3.63) is 23.8 Å². The van der Waals surface area contributed by atoms with Gasteiger partial charge in [0.25, 0.3) is 0 Å². The van der Waals surface area contributed by atoms with E-state index in [1.807, 2.05) is 33.9 Å². The molecule has 0 unspecified atom stereocenters. The first-order chi connectivity index (χ1) is 4.80. The van der Waals surface area contributed by atoms with Gasteiger partial charge in [0.2, 0.25) is 0 Å². The molecular weight excluding hydrogens is 136 g/mol. The molecule has 11 heavy (non-hydrogen) atoms. The Morgan fingerprint density at radius 1 is 1.18 bits per heavy atom. The van der Waals surface area contributed by atoms with E-state index in [4.69, 9.17) is 0 Å². The third-order valence-electron chi connectivity index (χ3n) is 1.16. The molecular formula is C9H18N2. The molecule has 2 nitrogen and oxygen atoms in total. The van der Waals surface area contributed by atoms with E-state index >= 15 is 0 Å². The predicted molar refractivity (Wildman–Crippen MR) is 49.6 cm³/mol. The molecule has 0 aromatic carbocycles. The van der Waals surface area contributed by atoms with E-state index in [-0.39, 0.29) is 7.43 Å². The number of nitrogens with zero attached hydrogens (tertiary/aromatic N) is 2. The molecule has 0 spiro atoms. The molecule has 0 amide bonds. The van der Waals surface area contributed by atoms with Gasteiger partial charge in [-0.15, -0.1) is 0 Å². The summed E-state index contributed by atoms with van der Waals surface area (Å²) in [4.78, 5) is 7.80. The molecule has 0 fully saturated rings. The molecule has 0 N–H and O–H groups in total. The second kappa shape index (κ2) is 7.19. The highest BCUT2D eigenvalue weighted by molar-refractivity contribution is 5.10. The number of aryl methyl sites for hydroxylation is 2. The van der Waals surface area contributed by atoms with Crippen LogP contribution in [0.15, 0.2) is 12.5 Å². The summed E-state index contributed by atoms with van der Waals surface area (Å²) < 4.78 is 0. The molecule has 0 aliphatic heterocycles. The molecule has 0 radical (unpaired) electrons. The van der Waals surface area contributed by atoms with Gasteiger partial charge in [-0.05, 0) is 19.4 Å². The Balaban J connectivity index is 0. The van der Waals surface area contributed by atoms with Gasteiger partial charge >= 0.3 is 0 Å². The first-order valence-corrected chi connectivity index (χ1v) is 3.54. The van der Waals surface area contributed by atoms with Gasteiger partial charge in [0.05, 0.1) is 0 Å². The second-order valence-electron chi connectivity index (χ2n) is 1.79. The van der Waals surface area contributed by atoms with Crippen molar-refractivity contribution in [2.75, 3.05) is 0 Å². The fourth-order valence-corrected chi connectivity index (χ4v) is 0.460. The van der Waals surface area contributed by atoms with Crippen LogP contribution in [-0.4, -0.2) is 9.97 Å². The maximum atomic E-state index is 3.97. The first kappa shape index (κ1) is 12.7. The molecule has 0 atom stereocenters. The summed E-state index contributed by atoms with van der Waals surface area (Å²) in [6, 6.07) is 0. The van der Waals surface area contributed by atoms with Crippen LogP contribution in [0.4, 0.5) is 0 Å². The van der Waals surface area contributed by atoms with Crippen molar-refractivity contribution >= 4 is 0 Å². The lowest BCUT2D eigenvalue weighted by molar-refractivity contribution is 1.06. The smallest absolute Gasteiger partial charge is 0.115 e. The summed E-state index contributed by atoms with van der Waals surface area (Å²) in [6.45, 7) is 7.96. The maximum absolute atomic E-state index is 3.97. The molecule has 1 heterocycles. The van der Waals surface area contributed by atoms with Gasteiger partial charge in [0, 0.05) is 11.9 Å². The summed E-state index contributed by atoms with van der Waals surface area (Å²) in [6.07, 6.45) is 3.37. The van der Waals surface area contributed by atoms with Crippen molar-refractivity contribution in [2.45, 2.75) is 35.1 Å². The normalized spacial score (nSPS) is 7.27. The molecule has 0 saturated heterocycles. The number of hydrogen-bond donors (Lipinski definition) is 0. The van der Waals surface area contributed by atoms with Gasteiger partial charge in [-0.25, -0.2) is 9.97 Å². The SMILES string of the molecule is C.CC.Cc1cncnc1C. The number of aromatic nitrogens is 2. The maximum Gasteiger partial charge on any atom is 0.115 e. The number of hydrogen-bond acceptors (Lipinski definition) is 2. The van der Waals surface area contributed by atoms with Crippen LogP contribution in [0.3, 0.4) is 0 Å². The quantitative estimate of drug-likeness (QED) is 0.574. The van der Waals surface area contributed by atoms with Crippen molar-refractivity contribution in [3.8, 4) is 0 Å². The van der Waals surface area contributed by atoms with Gasteiger partial charge in [-0.3, -0.25) is 0 Å². The van der Waals surface area contributed by atoms with Crippen molar-refractivity contribution in [1.29, 1.82) is 0 Å². The molecule has 2 heteroatoms. The molecule has 0 aliphatic rings. The summed E-state index contributed by atoms with van der Waals surface area (Å²) >= 11 is 0. The molecule has 0 aliphatic carbocycles. The summed E-state index contributed by atoms with van der Waals surface area (Å²) in [5, 5.41) is 0. The van der Waals surface area contributed by atoms with E-state index in [0.29, 0.717) is 0 Å². The average Bonchev–Trinajstić information content (AvgIpc) is 2.00. The summed E-state index contributed by atoms with van der Waals surface area (Å²) in [5.41, 5.74) is 2.20. The molecule has 0 bridgehead atoms. The molecule has 1 aromatic rings. The Bertz CT molecular complexity index is 164. The van der Waals surface area contributed by atoms with Gasteiger partial charge in [0.1, 0.15) is 6.33 Å². The minimum absolute atomic E-state index is 0. The van der Waals surface area contributed by atoms with Crippen LogP contribution in [0.2, 0.25) is 0 Å². The minimum atomic E-state index is 0. The highest BCUT2D eigenvalue weighted by Gasteiger charge is 1.86. The van der Waals surface area contributed by atoms with E-state index in [9.17, 15) is 0 Å². The Kier molecular flexibility index (Phi) is 8.32. The third kappa shape index (κ3) is 4.48. The molecule has 1 aromatic heterocycles. The highest BCUT2D eigenvalue weighted by Crippen LogP contribution is 1.95. The van der Waals surface area contributed by atoms with Crippen LogP contribution in [0.25, 0.3) is 0 Å². The van der Waals surface area contributed by atoms with E-state index in [1.165, 1.54) is 0 Å². The standard InChI is InChI=1S/C6H8N2.C2H6.CH4/c1-5-3-7-4-8-6(5)2;1-2;/h3-4H,1-2H3;1-2H3;1H4. The van der Waals surface area contributed by atoms with E-state index in [0.717, 1.165) is 11.3 Å². The lowest BCUT2D eigenvalue weighted by Gasteiger charge is -1.91. The Labute approximate surface area is 69.7 Å². The zero-order valence-corrected chi connectivity index (χ0v) is 7.05. The van der Waals surface area contributed by atoms with Crippen molar-refractivity contribution in [1.82, 2.24) is 9.97 Å². The van der Waals surface area contributed by atoms with Gasteiger partial charge in [-0.2, -0.15) is 0 Å². The van der Waals surface area contributed by atoms with E-state index in [2.05, 4.69) is 9.97 Å². The third-order valence-corrected chi connectivity index (χ3v) is 1.16.